The van der Waals surface area contributed by atoms with Crippen LogP contribution >= 0.6 is 15.9 Å². The molecule has 1 heterocycles. The average molecular weight is 381 g/mol. The summed E-state index contributed by atoms with van der Waals surface area (Å²) in [5.41, 5.74) is -1.23. The van der Waals surface area contributed by atoms with E-state index >= 15 is 0 Å². The lowest BCUT2D eigenvalue weighted by Crippen LogP contribution is -2.19. The van der Waals surface area contributed by atoms with E-state index in [0.717, 1.165) is 12.1 Å². The van der Waals surface area contributed by atoms with Gasteiger partial charge in [-0.05, 0) is 40.2 Å². The molecule has 0 aliphatic carbocycles. The Morgan fingerprint density at radius 3 is 2.33 bits per heavy atom. The minimum absolute atomic E-state index is 0.0739. The first-order chi connectivity index (χ1) is 9.70. The van der Waals surface area contributed by atoms with Gasteiger partial charge in [-0.2, -0.15) is 13.2 Å². The summed E-state index contributed by atoms with van der Waals surface area (Å²) in [6, 6.07) is 6.80. The summed E-state index contributed by atoms with van der Waals surface area (Å²) in [5, 5.41) is 0. The standard InChI is InChI=1S/C12H8BrF3N2O2S/c13-8-5-6-11(17-7-8)18-21(19,20)10-4-2-1-3-9(10)12(14,15)16/h1-7H,(H,17,18). The maximum absolute atomic E-state index is 12.9. The molecule has 9 heteroatoms. The van der Waals surface area contributed by atoms with Crippen LogP contribution in [-0.4, -0.2) is 13.4 Å². The third-order valence-corrected chi connectivity index (χ3v) is 4.33. The first-order valence-corrected chi connectivity index (χ1v) is 7.78. The predicted molar refractivity (Wildman–Crippen MR) is 74.2 cm³/mol. The lowest BCUT2D eigenvalue weighted by atomic mass is 10.2. The number of hydrogen-bond donors (Lipinski definition) is 1. The van der Waals surface area contributed by atoms with Crippen molar-refractivity contribution in [3.05, 3.63) is 52.6 Å². The number of anilines is 1. The van der Waals surface area contributed by atoms with Crippen LogP contribution in [0.3, 0.4) is 0 Å². The monoisotopic (exact) mass is 380 g/mol. The molecule has 1 N–H and O–H groups in total. The van der Waals surface area contributed by atoms with Gasteiger partial charge in [-0.3, -0.25) is 4.72 Å². The lowest BCUT2D eigenvalue weighted by Gasteiger charge is -2.13. The van der Waals surface area contributed by atoms with Crippen molar-refractivity contribution in [3.63, 3.8) is 0 Å². The third kappa shape index (κ3) is 3.73. The van der Waals surface area contributed by atoms with Crippen LogP contribution in [0.4, 0.5) is 19.0 Å². The molecule has 0 fully saturated rings. The Kier molecular flexibility index (Phi) is 4.24. The fraction of sp³-hybridized carbons (Fsp3) is 0.0833. The summed E-state index contributed by atoms with van der Waals surface area (Å²) in [6.45, 7) is 0. The number of nitrogens with zero attached hydrogens (tertiary/aromatic N) is 1. The SMILES string of the molecule is O=S(=O)(Nc1ccc(Br)cn1)c1ccccc1C(F)(F)F. The van der Waals surface area contributed by atoms with Crippen LogP contribution in [0, 0.1) is 0 Å². The number of halogens is 4. The fourth-order valence-electron chi connectivity index (χ4n) is 1.56. The van der Waals surface area contributed by atoms with Gasteiger partial charge in [-0.15, -0.1) is 0 Å². The van der Waals surface area contributed by atoms with Gasteiger partial charge in [0.15, 0.2) is 0 Å². The second-order valence-electron chi connectivity index (χ2n) is 3.96. The highest BCUT2D eigenvalue weighted by molar-refractivity contribution is 9.10. The van der Waals surface area contributed by atoms with E-state index < -0.39 is 26.7 Å². The predicted octanol–water partition coefficient (Wildman–Crippen LogP) is 3.66. The Hall–Kier alpha value is -1.61. The van der Waals surface area contributed by atoms with Crippen LogP contribution < -0.4 is 4.72 Å². The van der Waals surface area contributed by atoms with Gasteiger partial charge in [0.05, 0.1) is 10.5 Å². The number of benzene rings is 1. The van der Waals surface area contributed by atoms with E-state index in [-0.39, 0.29) is 5.82 Å². The number of sulfonamides is 1. The molecular formula is C12H8BrF3N2O2S. The first-order valence-electron chi connectivity index (χ1n) is 5.51. The van der Waals surface area contributed by atoms with Gasteiger partial charge in [0.2, 0.25) is 0 Å². The molecule has 2 aromatic rings. The molecule has 0 aliphatic rings. The Morgan fingerprint density at radius 1 is 1.10 bits per heavy atom. The maximum Gasteiger partial charge on any atom is 0.417 e. The molecule has 0 radical (unpaired) electrons. The molecule has 0 atom stereocenters. The average Bonchev–Trinajstić information content (AvgIpc) is 2.40. The first kappa shape index (κ1) is 15.8. The van der Waals surface area contributed by atoms with Gasteiger partial charge in [0, 0.05) is 10.7 Å². The topological polar surface area (TPSA) is 59.1 Å². The zero-order valence-corrected chi connectivity index (χ0v) is 12.6. The molecule has 112 valence electrons. The van der Waals surface area contributed by atoms with Crippen molar-refractivity contribution in [3.8, 4) is 0 Å². The van der Waals surface area contributed by atoms with Gasteiger partial charge in [0.1, 0.15) is 5.82 Å². The van der Waals surface area contributed by atoms with Crippen molar-refractivity contribution in [2.24, 2.45) is 0 Å². The number of nitrogens with one attached hydrogen (secondary N) is 1. The molecule has 0 amide bonds. The van der Waals surface area contributed by atoms with Gasteiger partial charge in [-0.1, -0.05) is 12.1 Å². The molecule has 0 spiro atoms. The van der Waals surface area contributed by atoms with Crippen molar-refractivity contribution in [1.29, 1.82) is 0 Å². The van der Waals surface area contributed by atoms with E-state index in [2.05, 4.69) is 20.9 Å². The number of alkyl halides is 3. The van der Waals surface area contributed by atoms with E-state index in [1.54, 1.807) is 0 Å². The van der Waals surface area contributed by atoms with Crippen molar-refractivity contribution in [1.82, 2.24) is 4.98 Å². The summed E-state index contributed by atoms with van der Waals surface area (Å²) in [4.78, 5) is 2.92. The van der Waals surface area contributed by atoms with Gasteiger partial charge in [-0.25, -0.2) is 13.4 Å². The van der Waals surface area contributed by atoms with Crippen molar-refractivity contribution in [2.75, 3.05) is 4.72 Å². The Labute approximate surface area is 127 Å². The molecule has 0 saturated carbocycles. The van der Waals surface area contributed by atoms with E-state index in [1.807, 2.05) is 4.72 Å². The largest absolute Gasteiger partial charge is 0.417 e. The molecule has 0 unspecified atom stereocenters. The van der Waals surface area contributed by atoms with Crippen LogP contribution in [0.15, 0.2) is 52.0 Å². The molecule has 21 heavy (non-hydrogen) atoms. The normalized spacial score (nSPS) is 12.2. The molecule has 0 bridgehead atoms. The zero-order chi connectivity index (χ0) is 15.7. The summed E-state index contributed by atoms with van der Waals surface area (Å²) in [5.74, 6) is -0.0739. The van der Waals surface area contributed by atoms with Crippen LogP contribution in [0.5, 0.6) is 0 Å². The van der Waals surface area contributed by atoms with E-state index in [0.29, 0.717) is 10.5 Å². The number of rotatable bonds is 3. The van der Waals surface area contributed by atoms with Crippen LogP contribution in [-0.2, 0) is 16.2 Å². The van der Waals surface area contributed by atoms with Gasteiger partial charge < -0.3 is 0 Å². The second kappa shape index (κ2) is 5.64. The minimum Gasteiger partial charge on any atom is -0.263 e. The van der Waals surface area contributed by atoms with Crippen LogP contribution in [0.25, 0.3) is 0 Å². The van der Waals surface area contributed by atoms with Gasteiger partial charge >= 0.3 is 6.18 Å². The summed E-state index contributed by atoms with van der Waals surface area (Å²) in [6.07, 6.45) is -3.44. The lowest BCUT2D eigenvalue weighted by molar-refractivity contribution is -0.139. The van der Waals surface area contributed by atoms with Crippen LogP contribution in [0.2, 0.25) is 0 Å². The van der Waals surface area contributed by atoms with E-state index in [1.165, 1.54) is 24.4 Å². The highest BCUT2D eigenvalue weighted by Crippen LogP contribution is 2.34. The second-order valence-corrected chi connectivity index (χ2v) is 6.53. The zero-order valence-electron chi connectivity index (χ0n) is 10.2. The molecule has 0 aliphatic heterocycles. The number of hydrogen-bond acceptors (Lipinski definition) is 3. The Balaban J connectivity index is 2.43. The van der Waals surface area contributed by atoms with E-state index in [4.69, 9.17) is 0 Å². The molecule has 1 aromatic carbocycles. The fourth-order valence-corrected chi connectivity index (χ4v) is 3.04. The summed E-state index contributed by atoms with van der Waals surface area (Å²) >= 11 is 3.12. The van der Waals surface area contributed by atoms with Crippen molar-refractivity contribution in [2.45, 2.75) is 11.1 Å². The third-order valence-electron chi connectivity index (χ3n) is 2.45. The molecule has 2 rings (SSSR count). The van der Waals surface area contributed by atoms with Crippen LogP contribution in [0.1, 0.15) is 5.56 Å². The highest BCUT2D eigenvalue weighted by atomic mass is 79.9. The smallest absolute Gasteiger partial charge is 0.263 e. The Bertz CT molecular complexity index is 746. The quantitative estimate of drug-likeness (QED) is 0.883. The summed E-state index contributed by atoms with van der Waals surface area (Å²) < 4.78 is 65.4. The number of aromatic nitrogens is 1. The van der Waals surface area contributed by atoms with E-state index in [9.17, 15) is 21.6 Å². The summed E-state index contributed by atoms with van der Waals surface area (Å²) in [7, 11) is -4.39. The molecule has 1 aromatic heterocycles. The van der Waals surface area contributed by atoms with Crippen molar-refractivity contribution < 1.29 is 21.6 Å². The number of pyridine rings is 1. The highest BCUT2D eigenvalue weighted by Gasteiger charge is 2.36. The molecular weight excluding hydrogens is 373 g/mol. The maximum atomic E-state index is 12.9. The molecule has 0 saturated heterocycles. The Morgan fingerprint density at radius 2 is 1.76 bits per heavy atom. The molecule has 4 nitrogen and oxygen atoms in total. The van der Waals surface area contributed by atoms with Crippen molar-refractivity contribution >= 4 is 31.8 Å². The minimum atomic E-state index is -4.77. The van der Waals surface area contributed by atoms with Gasteiger partial charge in [0.25, 0.3) is 10.0 Å².